The van der Waals surface area contributed by atoms with E-state index in [9.17, 15) is 31.9 Å². The van der Waals surface area contributed by atoms with Crippen LogP contribution in [0.1, 0.15) is 53.2 Å². The van der Waals surface area contributed by atoms with E-state index < -0.39 is 46.9 Å². The molecule has 4 rings (SSSR count). The maximum atomic E-state index is 13.5. The monoisotopic (exact) mass is 534 g/mol. The Balaban J connectivity index is 1.43. The number of carbonyl (C=O) groups excluding carboxylic acids is 3. The van der Waals surface area contributed by atoms with Crippen LogP contribution in [-0.4, -0.2) is 59.7 Å². The van der Waals surface area contributed by atoms with Gasteiger partial charge in [-0.25, -0.2) is 4.39 Å². The molecule has 1 saturated heterocycles. The van der Waals surface area contributed by atoms with Crippen molar-refractivity contribution in [3.05, 3.63) is 71.0 Å². The summed E-state index contributed by atoms with van der Waals surface area (Å²) < 4.78 is 53.7. The summed E-state index contributed by atoms with van der Waals surface area (Å²) in [5.41, 5.74) is 4.28. The highest BCUT2D eigenvalue weighted by atomic mass is 19.4. The fraction of sp³-hybridized carbons (Fsp3) is 0.444. The van der Waals surface area contributed by atoms with Crippen molar-refractivity contribution in [3.63, 3.8) is 0 Å². The number of carbonyl (C=O) groups is 3. The predicted octanol–water partition coefficient (Wildman–Crippen LogP) is 3.50. The summed E-state index contributed by atoms with van der Waals surface area (Å²) in [6.45, 7) is 1.10. The summed E-state index contributed by atoms with van der Waals surface area (Å²) in [6, 6.07) is 9.70. The van der Waals surface area contributed by atoms with E-state index in [-0.39, 0.29) is 25.0 Å². The van der Waals surface area contributed by atoms with Crippen LogP contribution in [0.2, 0.25) is 0 Å². The standard InChI is InChI=1S/C27H30F4N4O3/c28-18-10-11-19(21(16-18)27(29,30)31)26(38)35-14-12-34(13-15-35)22-9-5-4-8-20(22)25(37)33-23(24(32)36)17-6-2-1-3-7-17/h1-3,6-7,10-11,16,20,22-23H,4-5,8-9,12-15H2,(H2,32,36)(H,33,37)/t20-,22-,23+/m1/s1. The average molecular weight is 535 g/mol. The lowest BCUT2D eigenvalue weighted by atomic mass is 9.82. The van der Waals surface area contributed by atoms with Crippen LogP contribution in [0, 0.1) is 11.7 Å². The van der Waals surface area contributed by atoms with Crippen LogP contribution in [0.5, 0.6) is 0 Å². The van der Waals surface area contributed by atoms with Crippen LogP contribution in [0.4, 0.5) is 17.6 Å². The molecule has 1 saturated carbocycles. The lowest BCUT2D eigenvalue weighted by Crippen LogP contribution is -2.56. The van der Waals surface area contributed by atoms with E-state index in [0.29, 0.717) is 31.1 Å². The number of halogens is 4. The van der Waals surface area contributed by atoms with E-state index in [1.165, 1.54) is 4.90 Å². The highest BCUT2D eigenvalue weighted by Crippen LogP contribution is 2.34. The Morgan fingerprint density at radius 3 is 2.24 bits per heavy atom. The zero-order chi connectivity index (χ0) is 27.4. The third-order valence-corrected chi connectivity index (χ3v) is 7.36. The zero-order valence-electron chi connectivity index (χ0n) is 20.7. The Hall–Kier alpha value is -3.47. The topological polar surface area (TPSA) is 95.7 Å². The summed E-state index contributed by atoms with van der Waals surface area (Å²) in [5, 5.41) is 2.80. The normalized spacial score (nSPS) is 21.5. The molecule has 0 spiro atoms. The number of nitrogens with zero attached hydrogens (tertiary/aromatic N) is 2. The molecule has 1 aliphatic carbocycles. The smallest absolute Gasteiger partial charge is 0.368 e. The number of hydrogen-bond donors (Lipinski definition) is 2. The van der Waals surface area contributed by atoms with Crippen molar-refractivity contribution in [1.82, 2.24) is 15.1 Å². The van der Waals surface area contributed by atoms with Crippen LogP contribution >= 0.6 is 0 Å². The van der Waals surface area contributed by atoms with E-state index in [1.54, 1.807) is 30.3 Å². The van der Waals surface area contributed by atoms with E-state index in [1.807, 2.05) is 0 Å². The van der Waals surface area contributed by atoms with Crippen LogP contribution in [-0.2, 0) is 15.8 Å². The summed E-state index contributed by atoms with van der Waals surface area (Å²) in [4.78, 5) is 41.7. The first-order chi connectivity index (χ1) is 18.1. The van der Waals surface area contributed by atoms with Gasteiger partial charge in [0, 0.05) is 32.2 Å². The number of primary amides is 1. The SMILES string of the molecule is NC(=O)[C@@H](NC(=O)[C@@H]1CCCC[C@H]1N1CCN(C(=O)c2ccc(F)cc2C(F)(F)F)CC1)c1ccccc1. The molecule has 1 aliphatic heterocycles. The summed E-state index contributed by atoms with van der Waals surface area (Å²) >= 11 is 0. The Morgan fingerprint density at radius 1 is 0.947 bits per heavy atom. The lowest BCUT2D eigenvalue weighted by molar-refractivity contribution is -0.138. The van der Waals surface area contributed by atoms with Crippen LogP contribution in [0.3, 0.4) is 0 Å². The molecule has 2 fully saturated rings. The van der Waals surface area contributed by atoms with Gasteiger partial charge in [0.15, 0.2) is 0 Å². The van der Waals surface area contributed by atoms with Crippen molar-refractivity contribution >= 4 is 17.7 Å². The number of alkyl halides is 3. The van der Waals surface area contributed by atoms with Gasteiger partial charge in [-0.3, -0.25) is 19.3 Å². The second kappa shape index (κ2) is 11.5. The molecule has 2 aromatic carbocycles. The van der Waals surface area contributed by atoms with Gasteiger partial charge in [-0.2, -0.15) is 13.2 Å². The minimum atomic E-state index is -4.86. The largest absolute Gasteiger partial charge is 0.417 e. The quantitative estimate of drug-likeness (QED) is 0.555. The first kappa shape index (κ1) is 27.6. The van der Waals surface area contributed by atoms with Crippen LogP contribution < -0.4 is 11.1 Å². The van der Waals surface area contributed by atoms with Crippen molar-refractivity contribution < 1.29 is 31.9 Å². The third-order valence-electron chi connectivity index (χ3n) is 7.36. The first-order valence-corrected chi connectivity index (χ1v) is 12.6. The maximum absolute atomic E-state index is 13.5. The highest BCUT2D eigenvalue weighted by molar-refractivity contribution is 5.96. The third kappa shape index (κ3) is 6.15. The molecule has 0 bridgehead atoms. The average Bonchev–Trinajstić information content (AvgIpc) is 2.91. The Morgan fingerprint density at radius 2 is 1.61 bits per heavy atom. The summed E-state index contributed by atoms with van der Waals surface area (Å²) in [6.07, 6.45) is -1.73. The number of amides is 3. The minimum Gasteiger partial charge on any atom is -0.368 e. The molecule has 204 valence electrons. The van der Waals surface area contributed by atoms with Gasteiger partial charge in [0.2, 0.25) is 11.8 Å². The lowest BCUT2D eigenvalue weighted by Gasteiger charge is -2.44. The molecular formula is C27H30F4N4O3. The minimum absolute atomic E-state index is 0.137. The van der Waals surface area contributed by atoms with Crippen LogP contribution in [0.15, 0.2) is 48.5 Å². The number of hydrogen-bond acceptors (Lipinski definition) is 4. The molecule has 38 heavy (non-hydrogen) atoms. The van der Waals surface area contributed by atoms with Crippen molar-refractivity contribution in [2.45, 2.75) is 43.9 Å². The van der Waals surface area contributed by atoms with E-state index in [4.69, 9.17) is 5.73 Å². The van der Waals surface area contributed by atoms with E-state index >= 15 is 0 Å². The Labute approximate surface area is 218 Å². The molecule has 7 nitrogen and oxygen atoms in total. The van der Waals surface area contributed by atoms with Gasteiger partial charge in [0.05, 0.1) is 17.0 Å². The molecule has 2 aliphatic rings. The van der Waals surface area contributed by atoms with Crippen molar-refractivity contribution in [1.29, 1.82) is 0 Å². The highest BCUT2D eigenvalue weighted by Gasteiger charge is 2.40. The molecule has 0 unspecified atom stereocenters. The zero-order valence-corrected chi connectivity index (χ0v) is 20.7. The molecule has 11 heteroatoms. The number of nitrogens with two attached hydrogens (primary N) is 1. The van der Waals surface area contributed by atoms with E-state index in [0.717, 1.165) is 31.4 Å². The Bertz CT molecular complexity index is 1170. The number of rotatable bonds is 6. The van der Waals surface area contributed by atoms with Gasteiger partial charge in [0.1, 0.15) is 11.9 Å². The fourth-order valence-electron chi connectivity index (χ4n) is 5.43. The Kier molecular flexibility index (Phi) is 8.35. The molecule has 1 heterocycles. The molecule has 0 aromatic heterocycles. The molecule has 0 radical (unpaired) electrons. The fourth-order valence-corrected chi connectivity index (χ4v) is 5.43. The second-order valence-electron chi connectivity index (χ2n) is 9.73. The number of piperazine rings is 1. The number of benzene rings is 2. The first-order valence-electron chi connectivity index (χ1n) is 12.6. The van der Waals surface area contributed by atoms with Crippen molar-refractivity contribution in [3.8, 4) is 0 Å². The summed E-state index contributed by atoms with van der Waals surface area (Å²) in [5.74, 6) is -3.20. The van der Waals surface area contributed by atoms with Gasteiger partial charge in [-0.15, -0.1) is 0 Å². The van der Waals surface area contributed by atoms with Crippen molar-refractivity contribution in [2.24, 2.45) is 11.7 Å². The van der Waals surface area contributed by atoms with E-state index in [2.05, 4.69) is 10.2 Å². The maximum Gasteiger partial charge on any atom is 0.417 e. The van der Waals surface area contributed by atoms with Gasteiger partial charge in [0.25, 0.3) is 5.91 Å². The van der Waals surface area contributed by atoms with Crippen LogP contribution in [0.25, 0.3) is 0 Å². The van der Waals surface area contributed by atoms with Gasteiger partial charge in [-0.1, -0.05) is 43.2 Å². The van der Waals surface area contributed by atoms with Gasteiger partial charge < -0.3 is 16.0 Å². The summed E-state index contributed by atoms with van der Waals surface area (Å²) in [7, 11) is 0. The van der Waals surface area contributed by atoms with Gasteiger partial charge >= 0.3 is 6.18 Å². The predicted molar refractivity (Wildman–Crippen MR) is 131 cm³/mol. The number of nitrogens with one attached hydrogen (secondary N) is 1. The molecule has 3 N–H and O–H groups in total. The van der Waals surface area contributed by atoms with Crippen molar-refractivity contribution in [2.75, 3.05) is 26.2 Å². The molecule has 2 aromatic rings. The molecular weight excluding hydrogens is 504 g/mol. The molecule has 3 atom stereocenters. The molecule has 3 amide bonds. The second-order valence-corrected chi connectivity index (χ2v) is 9.73. The van der Waals surface area contributed by atoms with Gasteiger partial charge in [-0.05, 0) is 36.6 Å².